The summed E-state index contributed by atoms with van der Waals surface area (Å²) in [4.78, 5) is 26.6. The maximum absolute atomic E-state index is 11.7. The summed E-state index contributed by atoms with van der Waals surface area (Å²) in [7, 11) is 1.46. The number of rotatable bonds is 7. The van der Waals surface area contributed by atoms with E-state index < -0.39 is 4.92 Å². The van der Waals surface area contributed by atoms with Crippen molar-refractivity contribution in [2.45, 2.75) is 6.42 Å². The number of nitro groups is 1. The lowest BCUT2D eigenvalue weighted by Crippen LogP contribution is -2.10. The maximum atomic E-state index is 11.7. The van der Waals surface area contributed by atoms with Crippen molar-refractivity contribution >= 4 is 22.2 Å². The summed E-state index contributed by atoms with van der Waals surface area (Å²) in [5, 5.41) is 12.3. The van der Waals surface area contributed by atoms with Gasteiger partial charge in [0.2, 0.25) is 0 Å². The lowest BCUT2D eigenvalue weighted by molar-refractivity contribution is -0.383. The first-order valence-corrected chi connectivity index (χ1v) is 7.88. The van der Waals surface area contributed by atoms with Crippen LogP contribution in [0, 0.1) is 10.1 Å². The van der Waals surface area contributed by atoms with Crippen LogP contribution in [0.2, 0.25) is 0 Å². The SMILES string of the molecule is COCC(=O)Cc1cc(Oc2ccc([N+](=O)[O-])c3ccccc23)ccn1. The number of carbonyl (C=O) groups is 1. The average molecular weight is 352 g/mol. The minimum absolute atomic E-state index is 0.0218. The van der Waals surface area contributed by atoms with Crippen molar-refractivity contribution < 1.29 is 19.2 Å². The molecule has 0 amide bonds. The van der Waals surface area contributed by atoms with Gasteiger partial charge in [0, 0.05) is 30.8 Å². The monoisotopic (exact) mass is 352 g/mol. The van der Waals surface area contributed by atoms with Gasteiger partial charge in [0.05, 0.1) is 22.4 Å². The number of Topliss-reactive ketones (excluding diaryl/α,β-unsaturated/α-hetero) is 1. The zero-order valence-electron chi connectivity index (χ0n) is 14.0. The van der Waals surface area contributed by atoms with Gasteiger partial charge >= 0.3 is 0 Å². The fraction of sp³-hybridized carbons (Fsp3) is 0.158. The number of aromatic nitrogens is 1. The number of hydrogen-bond acceptors (Lipinski definition) is 6. The first kappa shape index (κ1) is 17.5. The van der Waals surface area contributed by atoms with E-state index in [1.54, 1.807) is 48.7 Å². The molecular formula is C19H16N2O5. The first-order valence-electron chi connectivity index (χ1n) is 7.88. The Morgan fingerprint density at radius 3 is 2.65 bits per heavy atom. The van der Waals surface area contributed by atoms with Gasteiger partial charge in [-0.05, 0) is 18.2 Å². The molecule has 0 spiro atoms. The Morgan fingerprint density at radius 1 is 1.15 bits per heavy atom. The van der Waals surface area contributed by atoms with E-state index in [-0.39, 0.29) is 24.5 Å². The smallest absolute Gasteiger partial charge is 0.277 e. The summed E-state index contributed by atoms with van der Waals surface area (Å²) in [6.45, 7) is 0.0275. The Kier molecular flexibility index (Phi) is 5.19. The molecule has 0 saturated heterocycles. The van der Waals surface area contributed by atoms with E-state index in [9.17, 15) is 14.9 Å². The summed E-state index contributed by atoms with van der Waals surface area (Å²) in [6, 6.07) is 13.3. The molecule has 0 fully saturated rings. The summed E-state index contributed by atoms with van der Waals surface area (Å²) in [5.41, 5.74) is 0.587. The minimum atomic E-state index is -0.419. The van der Waals surface area contributed by atoms with E-state index in [1.165, 1.54) is 13.2 Å². The second-order valence-electron chi connectivity index (χ2n) is 5.62. The number of pyridine rings is 1. The Hall–Kier alpha value is -3.32. The lowest BCUT2D eigenvalue weighted by atomic mass is 10.1. The van der Waals surface area contributed by atoms with Crippen LogP contribution in [0.1, 0.15) is 5.69 Å². The molecule has 0 atom stereocenters. The topological polar surface area (TPSA) is 91.6 Å². The third-order valence-electron chi connectivity index (χ3n) is 3.76. The lowest BCUT2D eigenvalue weighted by Gasteiger charge is -2.10. The van der Waals surface area contributed by atoms with Gasteiger partial charge in [0.15, 0.2) is 5.78 Å². The van der Waals surface area contributed by atoms with Gasteiger partial charge in [0.25, 0.3) is 5.69 Å². The fourth-order valence-electron chi connectivity index (χ4n) is 2.66. The molecule has 7 nitrogen and oxygen atoms in total. The highest BCUT2D eigenvalue weighted by Crippen LogP contribution is 2.35. The predicted octanol–water partition coefficient (Wildman–Crippen LogP) is 3.69. The molecule has 1 heterocycles. The predicted molar refractivity (Wildman–Crippen MR) is 95.5 cm³/mol. The van der Waals surface area contributed by atoms with Crippen molar-refractivity contribution in [2.75, 3.05) is 13.7 Å². The molecule has 3 rings (SSSR count). The Labute approximate surface area is 149 Å². The van der Waals surface area contributed by atoms with E-state index in [1.807, 2.05) is 0 Å². The number of hydrogen-bond donors (Lipinski definition) is 0. The van der Waals surface area contributed by atoms with E-state index >= 15 is 0 Å². The molecule has 0 aliphatic rings. The van der Waals surface area contributed by atoms with Crippen molar-refractivity contribution in [1.82, 2.24) is 4.98 Å². The normalized spacial score (nSPS) is 10.7. The van der Waals surface area contributed by atoms with E-state index in [2.05, 4.69) is 4.98 Å². The van der Waals surface area contributed by atoms with Gasteiger partial charge in [-0.3, -0.25) is 19.9 Å². The van der Waals surface area contributed by atoms with Crippen LogP contribution in [0.15, 0.2) is 54.7 Å². The van der Waals surface area contributed by atoms with Crippen LogP contribution in [0.3, 0.4) is 0 Å². The average Bonchev–Trinajstić information content (AvgIpc) is 2.62. The Balaban J connectivity index is 1.91. The van der Waals surface area contributed by atoms with Crippen LogP contribution in [-0.4, -0.2) is 29.4 Å². The molecule has 26 heavy (non-hydrogen) atoms. The van der Waals surface area contributed by atoms with Gasteiger partial charge in [-0.1, -0.05) is 18.2 Å². The number of non-ortho nitro benzene ring substituents is 1. The van der Waals surface area contributed by atoms with E-state index in [0.717, 1.165) is 0 Å². The molecule has 2 aromatic carbocycles. The van der Waals surface area contributed by atoms with Crippen molar-refractivity contribution in [2.24, 2.45) is 0 Å². The molecule has 3 aromatic rings. The molecular weight excluding hydrogens is 336 g/mol. The molecule has 1 aromatic heterocycles. The van der Waals surface area contributed by atoms with Crippen molar-refractivity contribution in [3.63, 3.8) is 0 Å². The fourth-order valence-corrected chi connectivity index (χ4v) is 2.66. The zero-order chi connectivity index (χ0) is 18.5. The van der Waals surface area contributed by atoms with Crippen LogP contribution in [0.5, 0.6) is 11.5 Å². The number of carbonyl (C=O) groups excluding carboxylic acids is 1. The second-order valence-corrected chi connectivity index (χ2v) is 5.62. The Bertz CT molecular complexity index is 971. The molecule has 132 valence electrons. The van der Waals surface area contributed by atoms with Gasteiger partial charge in [-0.2, -0.15) is 0 Å². The second kappa shape index (κ2) is 7.71. The quantitative estimate of drug-likeness (QED) is 0.476. The zero-order valence-corrected chi connectivity index (χ0v) is 14.0. The summed E-state index contributed by atoms with van der Waals surface area (Å²) >= 11 is 0. The molecule has 0 radical (unpaired) electrons. The van der Waals surface area contributed by atoms with Gasteiger partial charge < -0.3 is 9.47 Å². The molecule has 7 heteroatoms. The molecule has 0 N–H and O–H groups in total. The van der Waals surface area contributed by atoms with Gasteiger partial charge in [-0.15, -0.1) is 0 Å². The molecule has 0 aliphatic heterocycles. The number of fused-ring (bicyclic) bond motifs is 1. The van der Waals surface area contributed by atoms with E-state index in [0.29, 0.717) is 28.0 Å². The Morgan fingerprint density at radius 2 is 1.92 bits per heavy atom. The highest BCUT2D eigenvalue weighted by molar-refractivity contribution is 5.95. The van der Waals surface area contributed by atoms with Crippen LogP contribution in [0.25, 0.3) is 10.8 Å². The summed E-state index contributed by atoms with van der Waals surface area (Å²) in [5.74, 6) is 0.906. The van der Waals surface area contributed by atoms with E-state index in [4.69, 9.17) is 9.47 Å². The number of methoxy groups -OCH3 is 1. The van der Waals surface area contributed by atoms with Crippen LogP contribution < -0.4 is 4.74 Å². The number of ketones is 1. The standard InChI is InChI=1S/C19H16N2O5/c1-25-12-14(22)10-13-11-15(8-9-20-13)26-19-7-6-18(21(23)24)16-4-2-3-5-17(16)19/h2-9,11H,10,12H2,1H3. The molecule has 0 aliphatic carbocycles. The molecule has 0 saturated carbocycles. The molecule has 0 unspecified atom stereocenters. The number of nitrogens with zero attached hydrogens (tertiary/aromatic N) is 2. The van der Waals surface area contributed by atoms with Crippen molar-refractivity contribution in [3.05, 3.63) is 70.5 Å². The maximum Gasteiger partial charge on any atom is 0.277 e. The number of ether oxygens (including phenoxy) is 2. The highest BCUT2D eigenvalue weighted by Gasteiger charge is 2.15. The summed E-state index contributed by atoms with van der Waals surface area (Å²) < 4.78 is 10.7. The third-order valence-corrected chi connectivity index (χ3v) is 3.76. The molecule has 0 bridgehead atoms. The van der Waals surface area contributed by atoms with Gasteiger partial charge in [-0.25, -0.2) is 0 Å². The first-order chi connectivity index (χ1) is 12.6. The van der Waals surface area contributed by atoms with Crippen LogP contribution in [0.4, 0.5) is 5.69 Å². The summed E-state index contributed by atoms with van der Waals surface area (Å²) in [6.07, 6.45) is 1.70. The van der Waals surface area contributed by atoms with Crippen LogP contribution >= 0.6 is 0 Å². The highest BCUT2D eigenvalue weighted by atomic mass is 16.6. The van der Waals surface area contributed by atoms with Crippen molar-refractivity contribution in [3.8, 4) is 11.5 Å². The minimum Gasteiger partial charge on any atom is -0.457 e. The number of benzene rings is 2. The number of nitro benzene ring substituents is 1. The third kappa shape index (κ3) is 3.84. The van der Waals surface area contributed by atoms with Crippen molar-refractivity contribution in [1.29, 1.82) is 0 Å². The van der Waals surface area contributed by atoms with Crippen LogP contribution in [-0.2, 0) is 16.0 Å². The van der Waals surface area contributed by atoms with Gasteiger partial charge in [0.1, 0.15) is 18.1 Å². The largest absolute Gasteiger partial charge is 0.457 e.